The monoisotopic (exact) mass is 504 g/mol. The number of ether oxygens (including phenoxy) is 2. The second-order valence-electron chi connectivity index (χ2n) is 8.63. The number of methoxy groups -OCH3 is 2. The van der Waals surface area contributed by atoms with Crippen LogP contribution >= 0.6 is 0 Å². The molecule has 0 bridgehead atoms. The van der Waals surface area contributed by atoms with Gasteiger partial charge in [-0.05, 0) is 48.6 Å². The molecule has 10 heteroatoms. The molecule has 0 aliphatic carbocycles. The number of hydrogen-bond donors (Lipinski definition) is 2. The summed E-state index contributed by atoms with van der Waals surface area (Å²) < 4.78 is 11.3. The van der Waals surface area contributed by atoms with Gasteiger partial charge in [0.2, 0.25) is 5.88 Å². The number of carboxylic acids is 1. The van der Waals surface area contributed by atoms with Gasteiger partial charge >= 0.3 is 5.97 Å². The average molecular weight is 505 g/mol. The third-order valence-corrected chi connectivity index (χ3v) is 6.33. The second-order valence-corrected chi connectivity index (χ2v) is 8.63. The van der Waals surface area contributed by atoms with Crippen molar-refractivity contribution in [3.8, 4) is 22.8 Å². The molecule has 0 fully saturated rings. The molecule has 2 aromatic heterocycles. The maximum absolute atomic E-state index is 12.8. The van der Waals surface area contributed by atoms with Crippen LogP contribution in [0, 0.1) is 5.92 Å². The minimum Gasteiger partial charge on any atom is -0.497 e. The number of aliphatic hydroxyl groups excluding tert-OH is 1. The molecule has 2 heterocycles. The molecule has 0 saturated heterocycles. The van der Waals surface area contributed by atoms with Gasteiger partial charge in [-0.25, -0.2) is 9.67 Å². The van der Waals surface area contributed by atoms with Gasteiger partial charge in [-0.15, -0.1) is 5.10 Å². The Hall–Kier alpha value is -4.31. The summed E-state index contributed by atoms with van der Waals surface area (Å²) in [5.41, 5.74) is 2.93. The molecular weight excluding hydrogens is 476 g/mol. The maximum Gasteiger partial charge on any atom is 0.309 e. The van der Waals surface area contributed by atoms with Gasteiger partial charge in [0.1, 0.15) is 11.3 Å². The van der Waals surface area contributed by atoms with Gasteiger partial charge in [-0.2, -0.15) is 0 Å². The third-order valence-electron chi connectivity index (χ3n) is 6.33. The number of aliphatic hydroxyl groups is 1. The van der Waals surface area contributed by atoms with Crippen LogP contribution in [-0.4, -0.2) is 56.5 Å². The zero-order valence-corrected chi connectivity index (χ0v) is 20.6. The summed E-state index contributed by atoms with van der Waals surface area (Å²) in [7, 11) is 3.08. The zero-order valence-electron chi connectivity index (χ0n) is 20.6. The molecule has 10 nitrogen and oxygen atoms in total. The van der Waals surface area contributed by atoms with Crippen molar-refractivity contribution in [3.63, 3.8) is 0 Å². The Morgan fingerprint density at radius 2 is 1.76 bits per heavy atom. The highest BCUT2D eigenvalue weighted by Crippen LogP contribution is 2.22. The quantitative estimate of drug-likeness (QED) is 0.316. The Labute approximate surface area is 213 Å². The van der Waals surface area contributed by atoms with Gasteiger partial charge < -0.3 is 19.7 Å². The molecule has 0 spiro atoms. The molecule has 2 atom stereocenters. The standard InChI is InChI=1S/C27H28N4O6/c1-36-20-9-10-21-23(15-20)29-30-31(26(21)33)14-13-22(27(34)35)24(32)11-5-17-3-6-18(7-4-17)19-8-12-25(37-2)28-16-19/h3-4,6-10,12,15-16,22,24,32H,5,11,13-14H2,1-2H3,(H,34,35)/t22-,24+/m0/s1. The molecule has 192 valence electrons. The van der Waals surface area contributed by atoms with E-state index in [1.54, 1.807) is 37.6 Å². The van der Waals surface area contributed by atoms with Crippen LogP contribution in [0.5, 0.6) is 11.6 Å². The summed E-state index contributed by atoms with van der Waals surface area (Å²) >= 11 is 0. The minimum atomic E-state index is -1.12. The lowest BCUT2D eigenvalue weighted by atomic mass is 9.93. The first-order valence-corrected chi connectivity index (χ1v) is 11.8. The molecule has 4 aromatic rings. The Balaban J connectivity index is 1.37. The first-order valence-electron chi connectivity index (χ1n) is 11.8. The van der Waals surface area contributed by atoms with E-state index in [1.807, 2.05) is 30.3 Å². The van der Waals surface area contributed by atoms with E-state index in [0.717, 1.165) is 21.4 Å². The molecule has 0 aliphatic rings. The molecule has 0 aliphatic heterocycles. The van der Waals surface area contributed by atoms with Crippen LogP contribution in [0.3, 0.4) is 0 Å². The molecule has 0 saturated carbocycles. The van der Waals surface area contributed by atoms with Crippen molar-refractivity contribution in [2.75, 3.05) is 14.2 Å². The predicted molar refractivity (Wildman–Crippen MR) is 137 cm³/mol. The van der Waals surface area contributed by atoms with E-state index in [4.69, 9.17) is 9.47 Å². The SMILES string of the molecule is COc1ccc2c(=O)n(CC[C@H](C(=O)O)[C@H](O)CCc3ccc(-c4ccc(OC)nc4)cc3)nnc2c1. The molecule has 37 heavy (non-hydrogen) atoms. The molecule has 0 unspecified atom stereocenters. The number of carboxylic acid groups (broad SMARTS) is 1. The fourth-order valence-electron chi connectivity index (χ4n) is 4.12. The number of nitrogens with zero attached hydrogens (tertiary/aromatic N) is 4. The highest BCUT2D eigenvalue weighted by atomic mass is 16.5. The molecule has 4 rings (SSSR count). The lowest BCUT2D eigenvalue weighted by molar-refractivity contribution is -0.146. The van der Waals surface area contributed by atoms with Crippen LogP contribution in [0.25, 0.3) is 22.0 Å². The Bertz CT molecular complexity index is 1420. The van der Waals surface area contributed by atoms with E-state index in [2.05, 4.69) is 15.3 Å². The van der Waals surface area contributed by atoms with Gasteiger partial charge in [-0.1, -0.05) is 29.5 Å². The highest BCUT2D eigenvalue weighted by Gasteiger charge is 2.26. The predicted octanol–water partition coefficient (Wildman–Crippen LogP) is 2.96. The number of fused-ring (bicyclic) bond motifs is 1. The third kappa shape index (κ3) is 6.10. The van der Waals surface area contributed by atoms with Crippen LogP contribution in [-0.2, 0) is 17.8 Å². The minimum absolute atomic E-state index is 0.0203. The van der Waals surface area contributed by atoms with Crippen LogP contribution in [0.15, 0.2) is 65.6 Å². The van der Waals surface area contributed by atoms with Gasteiger partial charge in [0.05, 0.1) is 31.6 Å². The number of benzene rings is 2. The first-order chi connectivity index (χ1) is 17.9. The van der Waals surface area contributed by atoms with Crippen molar-refractivity contribution in [1.29, 1.82) is 0 Å². The first kappa shape index (κ1) is 25.8. The van der Waals surface area contributed by atoms with Gasteiger partial charge in [0, 0.05) is 30.4 Å². The van der Waals surface area contributed by atoms with E-state index in [0.29, 0.717) is 29.0 Å². The number of aromatic nitrogens is 4. The molecular formula is C27H28N4O6. The fourth-order valence-corrected chi connectivity index (χ4v) is 4.12. The summed E-state index contributed by atoms with van der Waals surface area (Å²) in [4.78, 5) is 28.8. The van der Waals surface area contributed by atoms with Crippen LogP contribution in [0.4, 0.5) is 0 Å². The number of rotatable bonds is 11. The number of hydrogen-bond acceptors (Lipinski definition) is 8. The molecule has 0 amide bonds. The fraction of sp³-hybridized carbons (Fsp3) is 0.296. The number of pyridine rings is 1. The van der Waals surface area contributed by atoms with E-state index in [1.165, 1.54) is 7.11 Å². The van der Waals surface area contributed by atoms with E-state index in [9.17, 15) is 19.8 Å². The summed E-state index contributed by atoms with van der Waals surface area (Å²) in [6.45, 7) is 0.0203. The van der Waals surface area contributed by atoms with Crippen molar-refractivity contribution in [3.05, 3.63) is 76.7 Å². The number of carbonyl (C=O) groups is 1. The van der Waals surface area contributed by atoms with Gasteiger partial charge in [-0.3, -0.25) is 9.59 Å². The van der Waals surface area contributed by atoms with Crippen LogP contribution in [0.1, 0.15) is 18.4 Å². The van der Waals surface area contributed by atoms with E-state index in [-0.39, 0.29) is 24.9 Å². The average Bonchev–Trinajstić information content (AvgIpc) is 2.93. The molecule has 0 radical (unpaired) electrons. The zero-order chi connectivity index (χ0) is 26.4. The lowest BCUT2D eigenvalue weighted by Gasteiger charge is -2.19. The van der Waals surface area contributed by atoms with Gasteiger partial charge in [0.15, 0.2) is 0 Å². The van der Waals surface area contributed by atoms with E-state index >= 15 is 0 Å². The normalized spacial score (nSPS) is 12.7. The lowest BCUT2D eigenvalue weighted by Crippen LogP contribution is -2.32. The summed E-state index contributed by atoms with van der Waals surface area (Å²) in [6, 6.07) is 16.4. The van der Waals surface area contributed by atoms with Crippen molar-refractivity contribution < 1.29 is 24.5 Å². The van der Waals surface area contributed by atoms with Crippen LogP contribution < -0.4 is 15.0 Å². The second kappa shape index (κ2) is 11.6. The van der Waals surface area contributed by atoms with Crippen molar-refractivity contribution in [2.24, 2.45) is 5.92 Å². The van der Waals surface area contributed by atoms with Crippen molar-refractivity contribution >= 4 is 16.9 Å². The highest BCUT2D eigenvalue weighted by molar-refractivity contribution is 5.78. The van der Waals surface area contributed by atoms with Crippen molar-refractivity contribution in [1.82, 2.24) is 20.0 Å². The number of aliphatic carboxylic acids is 1. The summed E-state index contributed by atoms with van der Waals surface area (Å²) in [5.74, 6) is -1.08. The van der Waals surface area contributed by atoms with Crippen LogP contribution in [0.2, 0.25) is 0 Å². The van der Waals surface area contributed by atoms with E-state index < -0.39 is 18.0 Å². The van der Waals surface area contributed by atoms with Crippen molar-refractivity contribution in [2.45, 2.75) is 31.9 Å². The Morgan fingerprint density at radius 1 is 1.00 bits per heavy atom. The summed E-state index contributed by atoms with van der Waals surface area (Å²) in [6.07, 6.45) is 1.45. The number of aryl methyl sites for hydroxylation is 2. The molecule has 2 aromatic carbocycles. The van der Waals surface area contributed by atoms with Gasteiger partial charge in [0.25, 0.3) is 5.56 Å². The summed E-state index contributed by atoms with van der Waals surface area (Å²) in [5, 5.41) is 28.7. The Morgan fingerprint density at radius 3 is 2.41 bits per heavy atom. The maximum atomic E-state index is 12.8. The molecule has 2 N–H and O–H groups in total. The largest absolute Gasteiger partial charge is 0.497 e. The topological polar surface area (TPSA) is 137 Å². The smallest absolute Gasteiger partial charge is 0.309 e. The Kier molecular flexibility index (Phi) is 8.09.